The molecule has 30 heavy (non-hydrogen) atoms. The number of amides is 1. The van der Waals surface area contributed by atoms with Crippen LogP contribution in [0.5, 0.6) is 0 Å². The summed E-state index contributed by atoms with van der Waals surface area (Å²) in [5.41, 5.74) is 0.398. The molecule has 4 aromatic rings. The number of H-pyrrole nitrogens is 1. The number of anilines is 2. The maximum atomic E-state index is 13.0. The fourth-order valence-electron chi connectivity index (χ4n) is 2.99. The number of hydrogen-bond donors (Lipinski definition) is 1. The molecule has 0 bridgehead atoms. The summed E-state index contributed by atoms with van der Waals surface area (Å²) in [4.78, 5) is 40.7. The van der Waals surface area contributed by atoms with Gasteiger partial charge in [-0.2, -0.15) is 0 Å². The Morgan fingerprint density at radius 1 is 1.13 bits per heavy atom. The van der Waals surface area contributed by atoms with Crippen molar-refractivity contribution in [3.8, 4) is 0 Å². The third kappa shape index (κ3) is 3.62. The van der Waals surface area contributed by atoms with Crippen LogP contribution < -0.4 is 4.90 Å². The first-order valence-electron chi connectivity index (χ1n) is 9.09. The summed E-state index contributed by atoms with van der Waals surface area (Å²) in [5.74, 6) is 0.243. The van der Waals surface area contributed by atoms with Gasteiger partial charge in [-0.3, -0.25) is 15.1 Å². The van der Waals surface area contributed by atoms with E-state index < -0.39 is 16.6 Å². The lowest BCUT2D eigenvalue weighted by atomic mass is 10.2. The first-order valence-corrected chi connectivity index (χ1v) is 9.09. The quantitative estimate of drug-likeness (QED) is 0.392. The van der Waals surface area contributed by atoms with Crippen molar-refractivity contribution in [3.63, 3.8) is 0 Å². The number of hydrogen-bond acceptors (Lipinski definition) is 7. The van der Waals surface area contributed by atoms with Gasteiger partial charge in [0, 0.05) is 35.4 Å². The van der Waals surface area contributed by atoms with Gasteiger partial charge in [0.25, 0.3) is 5.69 Å². The van der Waals surface area contributed by atoms with E-state index in [1.54, 1.807) is 45.3 Å². The van der Waals surface area contributed by atoms with E-state index in [9.17, 15) is 14.9 Å². The Balaban J connectivity index is 1.86. The number of pyridine rings is 3. The van der Waals surface area contributed by atoms with Crippen LogP contribution in [0.2, 0.25) is 0 Å². The van der Waals surface area contributed by atoms with Crippen molar-refractivity contribution in [2.75, 3.05) is 4.90 Å². The number of aromatic nitrogens is 4. The number of nitro groups is 1. The second-order valence-corrected chi connectivity index (χ2v) is 7.56. The number of aromatic amines is 1. The molecule has 0 atom stereocenters. The molecular formula is C20H18N6O4. The summed E-state index contributed by atoms with van der Waals surface area (Å²) >= 11 is 0. The molecule has 0 aliphatic rings. The van der Waals surface area contributed by atoms with Crippen molar-refractivity contribution < 1.29 is 14.5 Å². The highest BCUT2D eigenvalue weighted by molar-refractivity contribution is 6.06. The monoisotopic (exact) mass is 406 g/mol. The van der Waals surface area contributed by atoms with Crippen molar-refractivity contribution in [3.05, 3.63) is 59.0 Å². The highest BCUT2D eigenvalue weighted by atomic mass is 16.6. The van der Waals surface area contributed by atoms with Crippen molar-refractivity contribution in [1.29, 1.82) is 0 Å². The van der Waals surface area contributed by atoms with Gasteiger partial charge in [-0.15, -0.1) is 0 Å². The zero-order chi connectivity index (χ0) is 21.5. The standard InChI is InChI=1S/C20H18N6O4/c1-20(2,3)30-19(27)25(17-10-12(26(28)29)6-9-22-17)16-5-4-13-14-11-21-8-7-15(14)23-18(13)24-16/h4-11H,1-3H3,(H,23,24). The van der Waals surface area contributed by atoms with Crippen LogP contribution in [0.15, 0.2) is 48.9 Å². The van der Waals surface area contributed by atoms with Crippen LogP contribution in [0.1, 0.15) is 20.8 Å². The zero-order valence-electron chi connectivity index (χ0n) is 16.5. The smallest absolute Gasteiger partial charge is 0.421 e. The lowest BCUT2D eigenvalue weighted by molar-refractivity contribution is -0.384. The van der Waals surface area contributed by atoms with Crippen LogP contribution in [0.4, 0.5) is 22.1 Å². The average molecular weight is 406 g/mol. The Morgan fingerprint density at radius 3 is 2.67 bits per heavy atom. The van der Waals surface area contributed by atoms with Crippen molar-refractivity contribution in [2.45, 2.75) is 26.4 Å². The van der Waals surface area contributed by atoms with Gasteiger partial charge in [0.1, 0.15) is 17.1 Å². The number of nitrogens with zero attached hydrogens (tertiary/aromatic N) is 5. The van der Waals surface area contributed by atoms with Crippen LogP contribution in [0, 0.1) is 10.1 Å². The minimum Gasteiger partial charge on any atom is -0.443 e. The summed E-state index contributed by atoms with van der Waals surface area (Å²) in [6, 6.07) is 7.70. The van der Waals surface area contributed by atoms with Gasteiger partial charge in [-0.05, 0) is 39.0 Å². The number of fused-ring (bicyclic) bond motifs is 3. The Morgan fingerprint density at radius 2 is 1.93 bits per heavy atom. The summed E-state index contributed by atoms with van der Waals surface area (Å²) in [7, 11) is 0. The van der Waals surface area contributed by atoms with E-state index in [1.807, 2.05) is 6.07 Å². The largest absolute Gasteiger partial charge is 0.443 e. The highest BCUT2D eigenvalue weighted by Crippen LogP contribution is 2.30. The maximum Gasteiger partial charge on any atom is 0.421 e. The van der Waals surface area contributed by atoms with Gasteiger partial charge >= 0.3 is 6.09 Å². The Labute approximate surface area is 170 Å². The SMILES string of the molecule is CC(C)(C)OC(=O)N(c1cc([N+](=O)[O-])ccn1)c1ccc2c(n1)[nH]c1ccncc12. The molecule has 0 aliphatic carbocycles. The van der Waals surface area contributed by atoms with Crippen LogP contribution >= 0.6 is 0 Å². The molecule has 10 nitrogen and oxygen atoms in total. The predicted octanol–water partition coefficient (Wildman–Crippen LogP) is 4.49. The molecule has 0 fully saturated rings. The molecule has 0 saturated heterocycles. The second-order valence-electron chi connectivity index (χ2n) is 7.56. The van der Waals surface area contributed by atoms with Gasteiger partial charge < -0.3 is 9.72 Å². The molecule has 0 unspecified atom stereocenters. The number of nitrogens with one attached hydrogen (secondary N) is 1. The second kappa shape index (κ2) is 7.07. The molecule has 10 heteroatoms. The summed E-state index contributed by atoms with van der Waals surface area (Å²) in [6.45, 7) is 5.18. The number of carbonyl (C=O) groups is 1. The van der Waals surface area contributed by atoms with E-state index in [0.717, 1.165) is 21.2 Å². The van der Waals surface area contributed by atoms with Crippen LogP contribution in [0.25, 0.3) is 21.9 Å². The molecule has 4 heterocycles. The first kappa shape index (κ1) is 19.2. The lowest BCUT2D eigenvalue weighted by Gasteiger charge is -2.26. The van der Waals surface area contributed by atoms with Gasteiger partial charge in [0.15, 0.2) is 5.82 Å². The Kier molecular flexibility index (Phi) is 4.53. The summed E-state index contributed by atoms with van der Waals surface area (Å²) in [6.07, 6.45) is 3.90. The molecule has 0 aromatic carbocycles. The minimum absolute atomic E-state index is 0.0306. The first-order chi connectivity index (χ1) is 14.2. The van der Waals surface area contributed by atoms with E-state index in [2.05, 4.69) is 19.9 Å². The van der Waals surface area contributed by atoms with Gasteiger partial charge in [-0.25, -0.2) is 19.7 Å². The Bertz CT molecular complexity index is 1280. The molecule has 1 amide bonds. The molecule has 0 saturated carbocycles. The van der Waals surface area contributed by atoms with Gasteiger partial charge in [0.05, 0.1) is 16.5 Å². The molecule has 0 aliphatic heterocycles. The molecule has 152 valence electrons. The fourth-order valence-corrected chi connectivity index (χ4v) is 2.99. The van der Waals surface area contributed by atoms with E-state index in [1.165, 1.54) is 18.3 Å². The summed E-state index contributed by atoms with van der Waals surface area (Å²) in [5, 5.41) is 12.9. The van der Waals surface area contributed by atoms with Crippen molar-refractivity contribution in [1.82, 2.24) is 19.9 Å². The van der Waals surface area contributed by atoms with E-state index >= 15 is 0 Å². The molecule has 4 aromatic heterocycles. The number of ether oxygens (including phenoxy) is 1. The third-order valence-electron chi connectivity index (χ3n) is 4.22. The topological polar surface area (TPSA) is 127 Å². The lowest BCUT2D eigenvalue weighted by Crippen LogP contribution is -2.34. The molecule has 0 spiro atoms. The third-order valence-corrected chi connectivity index (χ3v) is 4.22. The zero-order valence-corrected chi connectivity index (χ0v) is 16.5. The molecule has 4 rings (SSSR count). The fraction of sp³-hybridized carbons (Fsp3) is 0.200. The average Bonchev–Trinajstić information content (AvgIpc) is 3.05. The molecule has 0 radical (unpaired) electrons. The van der Waals surface area contributed by atoms with E-state index in [4.69, 9.17) is 4.74 Å². The van der Waals surface area contributed by atoms with Gasteiger partial charge in [0.2, 0.25) is 0 Å². The predicted molar refractivity (Wildman–Crippen MR) is 111 cm³/mol. The number of rotatable bonds is 3. The van der Waals surface area contributed by atoms with Crippen molar-refractivity contribution >= 4 is 45.4 Å². The van der Waals surface area contributed by atoms with Crippen LogP contribution in [-0.4, -0.2) is 36.6 Å². The van der Waals surface area contributed by atoms with Crippen molar-refractivity contribution in [2.24, 2.45) is 0 Å². The maximum absolute atomic E-state index is 13.0. The van der Waals surface area contributed by atoms with E-state index in [0.29, 0.717) is 5.65 Å². The molecular weight excluding hydrogens is 388 g/mol. The highest BCUT2D eigenvalue weighted by Gasteiger charge is 2.28. The molecule has 1 N–H and O–H groups in total. The van der Waals surface area contributed by atoms with E-state index in [-0.39, 0.29) is 17.3 Å². The van der Waals surface area contributed by atoms with Gasteiger partial charge in [-0.1, -0.05) is 0 Å². The minimum atomic E-state index is -0.785. The van der Waals surface area contributed by atoms with Crippen LogP contribution in [0.3, 0.4) is 0 Å². The number of carbonyl (C=O) groups excluding carboxylic acids is 1. The van der Waals surface area contributed by atoms with Crippen LogP contribution in [-0.2, 0) is 4.74 Å². The summed E-state index contributed by atoms with van der Waals surface area (Å²) < 4.78 is 5.50. The normalized spacial score (nSPS) is 11.6. The Hall–Kier alpha value is -4.08.